The van der Waals surface area contributed by atoms with Gasteiger partial charge in [-0.25, -0.2) is 4.99 Å². The van der Waals surface area contributed by atoms with E-state index in [1.165, 1.54) is 17.8 Å². The van der Waals surface area contributed by atoms with E-state index in [9.17, 15) is 9.59 Å². The highest BCUT2D eigenvalue weighted by atomic mass is 32.2. The third-order valence-electron chi connectivity index (χ3n) is 4.76. The van der Waals surface area contributed by atoms with Gasteiger partial charge in [-0.2, -0.15) is 0 Å². The van der Waals surface area contributed by atoms with Gasteiger partial charge in [0.25, 0.3) is 5.91 Å². The number of carbonyl (C=O) groups is 1. The van der Waals surface area contributed by atoms with Gasteiger partial charge >= 0.3 is 0 Å². The van der Waals surface area contributed by atoms with E-state index in [1.807, 2.05) is 43.3 Å². The molecule has 1 N–H and O–H groups in total. The summed E-state index contributed by atoms with van der Waals surface area (Å²) in [4.78, 5) is 34.7. The number of methoxy groups -OCH3 is 1. The van der Waals surface area contributed by atoms with Crippen LogP contribution in [-0.2, 0) is 0 Å². The molecule has 0 radical (unpaired) electrons. The van der Waals surface area contributed by atoms with Crippen molar-refractivity contribution in [1.82, 2.24) is 9.88 Å². The number of amides is 1. The zero-order valence-corrected chi connectivity index (χ0v) is 17.1. The molecule has 148 valence electrons. The number of nitrogens with one attached hydrogen (secondary N) is 1. The van der Waals surface area contributed by atoms with Gasteiger partial charge in [0.05, 0.1) is 12.7 Å². The molecular formula is C22H21N3O3S. The van der Waals surface area contributed by atoms with Crippen LogP contribution in [0, 0.1) is 6.92 Å². The van der Waals surface area contributed by atoms with Crippen LogP contribution in [0.5, 0.6) is 5.75 Å². The second kappa shape index (κ2) is 8.13. The molecule has 0 saturated carbocycles. The molecule has 6 nitrogen and oxygen atoms in total. The number of aliphatic imine (C=N–C) groups is 1. The van der Waals surface area contributed by atoms with Gasteiger partial charge in [-0.3, -0.25) is 14.5 Å². The lowest BCUT2D eigenvalue weighted by Gasteiger charge is -2.28. The number of hydrogen-bond donors (Lipinski definition) is 1. The Labute approximate surface area is 172 Å². The second-order valence-corrected chi connectivity index (χ2v) is 7.88. The number of hydrogen-bond acceptors (Lipinski definition) is 5. The fourth-order valence-corrected chi connectivity index (χ4v) is 4.31. The first-order valence-electron chi connectivity index (χ1n) is 9.37. The number of carbonyl (C=O) groups excluding carboxylic acids is 1. The summed E-state index contributed by atoms with van der Waals surface area (Å²) >= 11 is 1.54. The largest absolute Gasteiger partial charge is 0.494 e. The van der Waals surface area contributed by atoms with E-state index in [-0.39, 0.29) is 11.5 Å². The zero-order chi connectivity index (χ0) is 20.4. The lowest BCUT2D eigenvalue weighted by atomic mass is 10.1. The number of rotatable bonds is 3. The summed E-state index contributed by atoms with van der Waals surface area (Å²) in [6.07, 6.45) is 0.863. The minimum Gasteiger partial charge on any atom is -0.494 e. The molecule has 2 aromatic carbocycles. The molecule has 29 heavy (non-hydrogen) atoms. The molecule has 0 aliphatic carbocycles. The van der Waals surface area contributed by atoms with Crippen LogP contribution in [0.15, 0.2) is 58.3 Å². The molecule has 0 bridgehead atoms. The van der Waals surface area contributed by atoms with Gasteiger partial charge in [-0.05, 0) is 37.1 Å². The number of H-pyrrole nitrogens is 1. The van der Waals surface area contributed by atoms with Gasteiger partial charge < -0.3 is 9.72 Å². The van der Waals surface area contributed by atoms with E-state index in [1.54, 1.807) is 18.1 Å². The third-order valence-corrected chi connectivity index (χ3v) is 5.83. The summed E-state index contributed by atoms with van der Waals surface area (Å²) in [5, 5.41) is 1.34. The van der Waals surface area contributed by atoms with Crippen molar-refractivity contribution in [3.8, 4) is 5.75 Å². The van der Waals surface area contributed by atoms with E-state index in [0.717, 1.165) is 23.1 Å². The second-order valence-electron chi connectivity index (χ2n) is 6.82. The van der Waals surface area contributed by atoms with Crippen molar-refractivity contribution in [3.63, 3.8) is 0 Å². The van der Waals surface area contributed by atoms with E-state index in [4.69, 9.17) is 9.73 Å². The molecule has 0 spiro atoms. The predicted octanol–water partition coefficient (Wildman–Crippen LogP) is 4.11. The van der Waals surface area contributed by atoms with Crippen molar-refractivity contribution in [2.24, 2.45) is 4.99 Å². The Morgan fingerprint density at radius 1 is 1.21 bits per heavy atom. The molecule has 1 amide bonds. The number of benzene rings is 2. The predicted molar refractivity (Wildman–Crippen MR) is 118 cm³/mol. The van der Waals surface area contributed by atoms with Crippen molar-refractivity contribution < 1.29 is 9.53 Å². The van der Waals surface area contributed by atoms with Crippen molar-refractivity contribution in [1.29, 1.82) is 0 Å². The zero-order valence-electron chi connectivity index (χ0n) is 16.3. The highest BCUT2D eigenvalue weighted by molar-refractivity contribution is 8.13. The van der Waals surface area contributed by atoms with Gasteiger partial charge in [0, 0.05) is 29.3 Å². The smallest absolute Gasteiger partial charge is 0.260 e. The number of thioether (sulfide) groups is 1. The average Bonchev–Trinajstić information content (AvgIpc) is 2.73. The Morgan fingerprint density at radius 2 is 2.03 bits per heavy atom. The van der Waals surface area contributed by atoms with Gasteiger partial charge in [0.2, 0.25) is 5.56 Å². The fourth-order valence-electron chi connectivity index (χ4n) is 3.36. The molecule has 0 atom stereocenters. The van der Waals surface area contributed by atoms with Crippen LogP contribution in [0.1, 0.15) is 22.3 Å². The number of fused-ring (bicyclic) bond motifs is 1. The molecule has 1 aliphatic heterocycles. The molecular weight excluding hydrogens is 386 g/mol. The lowest BCUT2D eigenvalue weighted by Crippen LogP contribution is -2.39. The Bertz CT molecular complexity index is 1170. The van der Waals surface area contributed by atoms with Crippen LogP contribution in [-0.4, -0.2) is 40.4 Å². The molecule has 0 unspecified atom stereocenters. The van der Waals surface area contributed by atoms with Crippen LogP contribution in [0.25, 0.3) is 10.9 Å². The number of aromatic nitrogens is 1. The van der Waals surface area contributed by atoms with E-state index >= 15 is 0 Å². The highest BCUT2D eigenvalue weighted by Crippen LogP contribution is 2.32. The maximum absolute atomic E-state index is 13.4. The number of ether oxygens (including phenoxy) is 1. The van der Waals surface area contributed by atoms with Crippen LogP contribution in [0.4, 0.5) is 5.69 Å². The summed E-state index contributed by atoms with van der Waals surface area (Å²) in [5.74, 6) is 1.32. The third kappa shape index (κ3) is 3.91. The minimum atomic E-state index is -0.296. The summed E-state index contributed by atoms with van der Waals surface area (Å²) in [7, 11) is 1.60. The molecule has 1 aromatic heterocycles. The Morgan fingerprint density at radius 3 is 2.86 bits per heavy atom. The van der Waals surface area contributed by atoms with Crippen molar-refractivity contribution in [2.75, 3.05) is 19.4 Å². The van der Waals surface area contributed by atoms with Crippen molar-refractivity contribution in [3.05, 3.63) is 70.0 Å². The van der Waals surface area contributed by atoms with Crippen LogP contribution >= 0.6 is 11.8 Å². The molecule has 1 aliphatic rings. The SMILES string of the molecule is COc1ccc(C)cc1N=C1SCCCN1C(=O)c1cc(=O)[nH]c2ccccc12. The summed E-state index contributed by atoms with van der Waals surface area (Å²) in [6, 6.07) is 14.5. The standard InChI is InChI=1S/C22H21N3O3S/c1-14-8-9-19(28-2)18(12-14)24-22-25(10-5-11-29-22)21(27)16-13-20(26)23-17-7-4-3-6-15(16)17/h3-4,6-9,12-13H,5,10-11H2,1-2H3,(H,23,26). The van der Waals surface area contributed by atoms with Gasteiger partial charge in [-0.1, -0.05) is 36.0 Å². The van der Waals surface area contributed by atoms with Gasteiger partial charge in [0.15, 0.2) is 5.17 Å². The number of para-hydroxylation sites is 1. The summed E-state index contributed by atoms with van der Waals surface area (Å²) < 4.78 is 5.43. The van der Waals surface area contributed by atoms with Crippen molar-refractivity contribution >= 4 is 39.4 Å². The van der Waals surface area contributed by atoms with E-state index in [0.29, 0.717) is 34.2 Å². The highest BCUT2D eigenvalue weighted by Gasteiger charge is 2.27. The van der Waals surface area contributed by atoms with E-state index in [2.05, 4.69) is 4.98 Å². The monoisotopic (exact) mass is 407 g/mol. The lowest BCUT2D eigenvalue weighted by molar-refractivity contribution is 0.0851. The van der Waals surface area contributed by atoms with E-state index < -0.39 is 0 Å². The summed E-state index contributed by atoms with van der Waals surface area (Å²) in [6.45, 7) is 2.54. The molecule has 2 heterocycles. The first-order chi connectivity index (χ1) is 14.1. The first-order valence-corrected chi connectivity index (χ1v) is 10.4. The van der Waals surface area contributed by atoms with Crippen LogP contribution in [0.3, 0.4) is 0 Å². The number of amidine groups is 1. The van der Waals surface area contributed by atoms with Crippen LogP contribution < -0.4 is 10.3 Å². The maximum Gasteiger partial charge on any atom is 0.260 e. The maximum atomic E-state index is 13.4. The Balaban J connectivity index is 1.79. The average molecular weight is 407 g/mol. The number of aromatic amines is 1. The van der Waals surface area contributed by atoms with Gasteiger partial charge in [-0.15, -0.1) is 0 Å². The Hall–Kier alpha value is -3.06. The number of nitrogens with zero attached hydrogens (tertiary/aromatic N) is 2. The summed E-state index contributed by atoms with van der Waals surface area (Å²) in [5.41, 5.74) is 2.48. The topological polar surface area (TPSA) is 74.8 Å². The number of aryl methyl sites for hydroxylation is 1. The van der Waals surface area contributed by atoms with Crippen molar-refractivity contribution in [2.45, 2.75) is 13.3 Å². The Kier molecular flexibility index (Phi) is 5.40. The molecule has 3 aromatic rings. The normalized spacial score (nSPS) is 15.7. The molecule has 7 heteroatoms. The molecule has 4 rings (SSSR count). The molecule has 1 fully saturated rings. The first kappa shape index (κ1) is 19.3. The minimum absolute atomic E-state index is 0.218. The fraction of sp³-hybridized carbons (Fsp3) is 0.227. The quantitative estimate of drug-likeness (QED) is 0.709. The van der Waals surface area contributed by atoms with Gasteiger partial charge in [0.1, 0.15) is 11.4 Å². The number of pyridine rings is 1. The molecule has 1 saturated heterocycles. The van der Waals surface area contributed by atoms with Crippen LogP contribution in [0.2, 0.25) is 0 Å².